The zero-order valence-corrected chi connectivity index (χ0v) is 15.7. The van der Waals surface area contributed by atoms with E-state index in [1.54, 1.807) is 0 Å². The van der Waals surface area contributed by atoms with E-state index in [9.17, 15) is 4.79 Å². The normalized spacial score (nSPS) is 16.8. The Morgan fingerprint density at radius 3 is 2.48 bits per heavy atom. The molecule has 5 heteroatoms. The van der Waals surface area contributed by atoms with Crippen LogP contribution in [0.5, 0.6) is 0 Å². The Kier molecular flexibility index (Phi) is 5.84. The quantitative estimate of drug-likeness (QED) is 0.886. The van der Waals surface area contributed by atoms with Crippen molar-refractivity contribution >= 4 is 29.0 Å². The number of nitrogens with zero attached hydrogens (tertiary/aromatic N) is 1. The zero-order chi connectivity index (χ0) is 17.0. The van der Waals surface area contributed by atoms with Crippen LogP contribution in [0.1, 0.15) is 33.3 Å². The molecule has 0 aromatic heterocycles. The number of hydrogen-bond donors (Lipinski definition) is 2. The second-order valence-electron chi connectivity index (χ2n) is 7.20. The highest BCUT2D eigenvalue weighted by Crippen LogP contribution is 2.25. The third-order valence-electron chi connectivity index (χ3n) is 3.85. The molecule has 0 bridgehead atoms. The van der Waals surface area contributed by atoms with Crippen molar-refractivity contribution in [1.82, 2.24) is 5.32 Å². The Labute approximate surface area is 144 Å². The number of carbonyl (C=O) groups excluding carboxylic acids is 1. The molecule has 23 heavy (non-hydrogen) atoms. The van der Waals surface area contributed by atoms with Crippen LogP contribution in [0.4, 0.5) is 11.4 Å². The molecule has 1 heterocycles. The number of carbonyl (C=O) groups is 1. The Bertz CT molecular complexity index is 548. The van der Waals surface area contributed by atoms with Gasteiger partial charge in [-0.15, -0.1) is 0 Å². The van der Waals surface area contributed by atoms with E-state index in [1.807, 2.05) is 39.5 Å². The molecule has 1 aliphatic heterocycles. The third-order valence-corrected chi connectivity index (χ3v) is 4.79. The van der Waals surface area contributed by atoms with E-state index in [0.717, 1.165) is 18.8 Å². The molecule has 1 amide bonds. The smallest absolute Gasteiger partial charge is 0.242 e. The average Bonchev–Trinajstić information content (AvgIpc) is 2.48. The largest absolute Gasteiger partial charge is 0.374 e. The fraction of sp³-hybridized carbons (Fsp3) is 0.611. The van der Waals surface area contributed by atoms with E-state index in [4.69, 9.17) is 0 Å². The van der Waals surface area contributed by atoms with Crippen LogP contribution in [-0.4, -0.2) is 42.1 Å². The third kappa shape index (κ3) is 5.34. The summed E-state index contributed by atoms with van der Waals surface area (Å²) in [4.78, 5) is 14.6. The van der Waals surface area contributed by atoms with Crippen molar-refractivity contribution in [3.63, 3.8) is 0 Å². The Hall–Kier alpha value is -1.36. The maximum atomic E-state index is 12.2. The van der Waals surface area contributed by atoms with Crippen LogP contribution in [-0.2, 0) is 4.79 Å². The minimum Gasteiger partial charge on any atom is -0.374 e. The maximum Gasteiger partial charge on any atom is 0.242 e. The van der Waals surface area contributed by atoms with Gasteiger partial charge in [0.1, 0.15) is 6.04 Å². The van der Waals surface area contributed by atoms with E-state index >= 15 is 0 Å². The van der Waals surface area contributed by atoms with Crippen molar-refractivity contribution in [3.8, 4) is 0 Å². The van der Waals surface area contributed by atoms with Crippen molar-refractivity contribution in [2.45, 2.75) is 46.2 Å². The summed E-state index contributed by atoms with van der Waals surface area (Å²) >= 11 is 2.02. The molecular formula is C18H29N3OS. The number of nitrogens with one attached hydrogen (secondary N) is 2. The summed E-state index contributed by atoms with van der Waals surface area (Å²) < 4.78 is 0. The highest BCUT2D eigenvalue weighted by Gasteiger charge is 2.20. The topological polar surface area (TPSA) is 44.4 Å². The lowest BCUT2D eigenvalue weighted by atomic mass is 10.1. The van der Waals surface area contributed by atoms with Crippen molar-refractivity contribution < 1.29 is 4.79 Å². The molecular weight excluding hydrogens is 306 g/mol. The van der Waals surface area contributed by atoms with Gasteiger partial charge in [-0.2, -0.15) is 11.8 Å². The minimum atomic E-state index is -0.259. The van der Waals surface area contributed by atoms with Gasteiger partial charge in [-0.1, -0.05) is 0 Å². The Balaban J connectivity index is 2.01. The van der Waals surface area contributed by atoms with Gasteiger partial charge in [-0.05, 0) is 58.4 Å². The van der Waals surface area contributed by atoms with E-state index in [1.165, 1.54) is 22.8 Å². The molecule has 128 valence electrons. The van der Waals surface area contributed by atoms with E-state index in [0.29, 0.717) is 0 Å². The average molecular weight is 336 g/mol. The van der Waals surface area contributed by atoms with Gasteiger partial charge >= 0.3 is 0 Å². The summed E-state index contributed by atoms with van der Waals surface area (Å²) in [6.07, 6.45) is 0. The highest BCUT2D eigenvalue weighted by atomic mass is 32.2. The molecule has 0 radical (unpaired) electrons. The lowest BCUT2D eigenvalue weighted by molar-refractivity contribution is -0.122. The molecule has 2 rings (SSSR count). The van der Waals surface area contributed by atoms with Gasteiger partial charge in [-0.25, -0.2) is 0 Å². The van der Waals surface area contributed by atoms with Gasteiger partial charge < -0.3 is 15.5 Å². The first kappa shape index (κ1) is 18.0. The summed E-state index contributed by atoms with van der Waals surface area (Å²) in [6.45, 7) is 12.2. The molecule has 0 aliphatic carbocycles. The number of rotatable bonds is 4. The van der Waals surface area contributed by atoms with Crippen LogP contribution >= 0.6 is 11.8 Å². The number of aryl methyl sites for hydroxylation is 1. The monoisotopic (exact) mass is 335 g/mol. The molecule has 1 aromatic rings. The maximum absolute atomic E-state index is 12.2. The molecule has 1 fully saturated rings. The lowest BCUT2D eigenvalue weighted by Crippen LogP contribution is -2.47. The fourth-order valence-electron chi connectivity index (χ4n) is 2.60. The van der Waals surface area contributed by atoms with Crippen LogP contribution in [0, 0.1) is 6.92 Å². The summed E-state index contributed by atoms with van der Waals surface area (Å²) in [5.41, 5.74) is 3.27. The number of anilines is 2. The second-order valence-corrected chi connectivity index (χ2v) is 8.43. The highest BCUT2D eigenvalue weighted by molar-refractivity contribution is 7.99. The van der Waals surface area contributed by atoms with Gasteiger partial charge in [0.2, 0.25) is 5.91 Å². The van der Waals surface area contributed by atoms with E-state index in [-0.39, 0.29) is 17.5 Å². The predicted octanol–water partition coefficient (Wildman–Crippen LogP) is 3.26. The first-order chi connectivity index (χ1) is 10.8. The van der Waals surface area contributed by atoms with Crippen molar-refractivity contribution in [2.75, 3.05) is 34.8 Å². The summed E-state index contributed by atoms with van der Waals surface area (Å²) in [6, 6.07) is 6.20. The number of hydrogen-bond acceptors (Lipinski definition) is 4. The van der Waals surface area contributed by atoms with Crippen molar-refractivity contribution in [1.29, 1.82) is 0 Å². The van der Waals surface area contributed by atoms with Crippen LogP contribution in [0.15, 0.2) is 18.2 Å². The summed E-state index contributed by atoms with van der Waals surface area (Å²) in [5.74, 6) is 2.42. The van der Waals surface area contributed by atoms with Crippen LogP contribution in [0.25, 0.3) is 0 Å². The van der Waals surface area contributed by atoms with Crippen molar-refractivity contribution in [2.24, 2.45) is 0 Å². The zero-order valence-electron chi connectivity index (χ0n) is 14.9. The minimum absolute atomic E-state index is 0.0223. The van der Waals surface area contributed by atoms with E-state index < -0.39 is 0 Å². The fourth-order valence-corrected chi connectivity index (χ4v) is 3.51. The number of thioether (sulfide) groups is 1. The van der Waals surface area contributed by atoms with Crippen LogP contribution < -0.4 is 15.5 Å². The first-order valence-corrected chi connectivity index (χ1v) is 9.43. The van der Waals surface area contributed by atoms with Gasteiger partial charge in [0.05, 0.1) is 0 Å². The summed E-state index contributed by atoms with van der Waals surface area (Å²) in [7, 11) is 0. The Morgan fingerprint density at radius 2 is 1.91 bits per heavy atom. The number of amides is 1. The molecule has 0 spiro atoms. The van der Waals surface area contributed by atoms with E-state index in [2.05, 4.69) is 40.7 Å². The molecule has 1 atom stereocenters. The standard InChI is InChI=1S/C18H29N3OS/c1-13-12-15(21-8-10-23-11-9-21)6-7-16(13)19-14(2)17(22)20-18(3,4)5/h6-7,12,14,19H,8-11H2,1-5H3,(H,20,22). The lowest BCUT2D eigenvalue weighted by Gasteiger charge is -2.29. The van der Waals surface area contributed by atoms with Crippen LogP contribution in [0.2, 0.25) is 0 Å². The van der Waals surface area contributed by atoms with Crippen LogP contribution in [0.3, 0.4) is 0 Å². The van der Waals surface area contributed by atoms with Gasteiger partial charge in [0, 0.05) is 41.5 Å². The second kappa shape index (κ2) is 7.47. The first-order valence-electron chi connectivity index (χ1n) is 8.28. The summed E-state index contributed by atoms with van der Waals surface area (Å²) in [5, 5.41) is 6.34. The number of benzene rings is 1. The molecule has 1 saturated heterocycles. The van der Waals surface area contributed by atoms with Gasteiger partial charge in [0.15, 0.2) is 0 Å². The molecule has 0 saturated carbocycles. The molecule has 1 aromatic carbocycles. The molecule has 1 unspecified atom stereocenters. The molecule has 2 N–H and O–H groups in total. The SMILES string of the molecule is Cc1cc(N2CCSCC2)ccc1NC(C)C(=O)NC(C)(C)C. The Morgan fingerprint density at radius 1 is 1.26 bits per heavy atom. The molecule has 4 nitrogen and oxygen atoms in total. The molecule has 1 aliphatic rings. The van der Waals surface area contributed by atoms with Gasteiger partial charge in [0.25, 0.3) is 0 Å². The van der Waals surface area contributed by atoms with Crippen molar-refractivity contribution in [3.05, 3.63) is 23.8 Å². The predicted molar refractivity (Wildman–Crippen MR) is 102 cm³/mol. The van der Waals surface area contributed by atoms with Gasteiger partial charge in [-0.3, -0.25) is 4.79 Å².